The Balaban J connectivity index is 0. The van der Waals surface area contributed by atoms with E-state index in [0.29, 0.717) is 36.4 Å². The van der Waals surface area contributed by atoms with Crippen LogP contribution in [0.25, 0.3) is 0 Å². The van der Waals surface area contributed by atoms with Crippen molar-refractivity contribution in [3.8, 4) is 0 Å². The molecule has 16 heteroatoms. The summed E-state index contributed by atoms with van der Waals surface area (Å²) in [7, 11) is 3.48. The number of carboxylic acid groups (broad SMARTS) is 1. The van der Waals surface area contributed by atoms with Gasteiger partial charge in [-0.05, 0) is 116 Å². The molecule has 15 nitrogen and oxygen atoms in total. The quantitative estimate of drug-likeness (QED) is 0.0783. The second-order valence-electron chi connectivity index (χ2n) is 20.9. The van der Waals surface area contributed by atoms with Crippen LogP contribution in [0.4, 0.5) is 0 Å². The number of rotatable bonds is 20. The lowest BCUT2D eigenvalue weighted by atomic mass is 9.86. The fourth-order valence-electron chi connectivity index (χ4n) is 8.49. The maximum Gasteiger partial charge on any atom is 0.333 e. The molecule has 3 amide bonds. The van der Waals surface area contributed by atoms with Crippen LogP contribution >= 0.6 is 12.4 Å². The van der Waals surface area contributed by atoms with Gasteiger partial charge in [0.15, 0.2) is 0 Å². The number of nitrogens with one attached hydrogen (secondary N) is 1. The van der Waals surface area contributed by atoms with Gasteiger partial charge in [0.2, 0.25) is 17.7 Å². The van der Waals surface area contributed by atoms with Gasteiger partial charge in [-0.25, -0.2) is 9.59 Å². The van der Waals surface area contributed by atoms with E-state index >= 15 is 0 Å². The highest BCUT2D eigenvalue weighted by Crippen LogP contribution is 2.25. The molecule has 0 bridgehead atoms. The van der Waals surface area contributed by atoms with Gasteiger partial charge in [-0.3, -0.25) is 29.0 Å². The largest absolute Gasteiger partial charge is 0.480 e. The molecular formula is C53H99ClN6O9. The van der Waals surface area contributed by atoms with Crippen molar-refractivity contribution in [2.24, 2.45) is 28.9 Å². The summed E-state index contributed by atoms with van der Waals surface area (Å²) in [6, 6.07) is -1.39. The van der Waals surface area contributed by atoms with E-state index < -0.39 is 18.1 Å². The summed E-state index contributed by atoms with van der Waals surface area (Å²) in [5.41, 5.74) is 6.74. The van der Waals surface area contributed by atoms with Crippen LogP contribution in [0.1, 0.15) is 169 Å². The number of piperidine rings is 2. The number of likely N-dealkylation sites (tertiary alicyclic amines) is 2. The molecule has 0 aromatic rings. The summed E-state index contributed by atoms with van der Waals surface area (Å²) >= 11 is 0. The Morgan fingerprint density at radius 1 is 0.667 bits per heavy atom. The normalized spacial score (nSPS) is 19.8. The Bertz CT molecular complexity index is 1650. The molecule has 0 aromatic heterocycles. The van der Waals surface area contributed by atoms with Gasteiger partial charge in [0, 0.05) is 37.3 Å². The standard InChI is InChI=1S/C26H47N3O4.C17H32N2O3.C10H19NO2.ClH/c1-10-20(8)29-15-13-12-14-21(29)24(30)27-23(18(5)6)25(31)28(9)22(17(3)4)16-19(7)26(32)33-11-2;1-9-22-16(21)12(4)10-13(11(2)3)19(8)15(20)14(18)17(5,6)7;1-3-8(2)11-7-5-4-6-9(11)10(12)13;/h16-18,20-23H,10-15H2,1-9H3,(H,27,30);10-11,13-14H,9,18H2,1-8H3;8-9H,3-7H2,1-2H3,(H,12,13);1H/b19-16+;12-10+;;/t20?,21-,22-,23+;13-,14-;8?,9-;/m111./s1. The van der Waals surface area contributed by atoms with Crippen LogP contribution in [0.2, 0.25) is 0 Å². The Labute approximate surface area is 424 Å². The predicted molar refractivity (Wildman–Crippen MR) is 281 cm³/mol. The molecular weight excluding hydrogens is 900 g/mol. The zero-order chi connectivity index (χ0) is 52.8. The van der Waals surface area contributed by atoms with Crippen molar-refractivity contribution >= 4 is 48.0 Å². The van der Waals surface area contributed by atoms with Crippen LogP contribution in [-0.4, -0.2) is 149 Å². The van der Waals surface area contributed by atoms with Gasteiger partial charge in [-0.1, -0.05) is 101 Å². The first-order chi connectivity index (χ1) is 31.5. The first-order valence-corrected chi connectivity index (χ1v) is 25.6. The molecule has 4 N–H and O–H groups in total. The number of carboxylic acids is 1. The third-order valence-electron chi connectivity index (χ3n) is 13.4. The summed E-state index contributed by atoms with van der Waals surface area (Å²) in [6.45, 7) is 35.7. The van der Waals surface area contributed by atoms with E-state index in [4.69, 9.17) is 20.3 Å². The molecule has 0 radical (unpaired) electrons. The fourth-order valence-corrected chi connectivity index (χ4v) is 8.49. The Hall–Kier alpha value is -3.53. The van der Waals surface area contributed by atoms with Crippen molar-refractivity contribution in [3.63, 3.8) is 0 Å². The van der Waals surface area contributed by atoms with Crippen LogP contribution in [0.5, 0.6) is 0 Å². The summed E-state index contributed by atoms with van der Waals surface area (Å²) in [5, 5.41) is 12.1. The Morgan fingerprint density at radius 2 is 1.04 bits per heavy atom. The van der Waals surface area contributed by atoms with E-state index in [2.05, 4.69) is 42.8 Å². The number of amides is 3. The lowest BCUT2D eigenvalue weighted by Crippen LogP contribution is -2.59. The van der Waals surface area contributed by atoms with Gasteiger partial charge in [0.05, 0.1) is 37.4 Å². The van der Waals surface area contributed by atoms with Crippen LogP contribution < -0.4 is 11.1 Å². The van der Waals surface area contributed by atoms with Crippen LogP contribution in [-0.2, 0) is 38.2 Å². The van der Waals surface area contributed by atoms with Gasteiger partial charge >= 0.3 is 17.9 Å². The molecule has 69 heavy (non-hydrogen) atoms. The minimum Gasteiger partial charge on any atom is -0.480 e. The number of carbonyl (C=O) groups is 6. The highest BCUT2D eigenvalue weighted by atomic mass is 35.5. The molecule has 2 saturated heterocycles. The van der Waals surface area contributed by atoms with E-state index in [1.165, 1.54) is 0 Å². The SMILES string of the molecule is CCC(C)N1CCCC[C@@H]1C(=O)O.CCOC(=O)/C(C)=C/[C@H](C(C)C)N(C)C(=O)[C@@H](N)C(C)(C)C.CCOC(=O)/C(C)=C/[C@H](C(C)C)N(C)C(=O)[C@@H](NC(=O)[C@H]1CCCCN1C(C)CC)C(C)C.Cl. The van der Waals surface area contributed by atoms with Crippen LogP contribution in [0.3, 0.4) is 0 Å². The second kappa shape index (κ2) is 33.2. The lowest BCUT2D eigenvalue weighted by Gasteiger charge is -2.40. The first kappa shape index (κ1) is 67.5. The number of halogens is 1. The van der Waals surface area contributed by atoms with Crippen molar-refractivity contribution in [1.29, 1.82) is 0 Å². The summed E-state index contributed by atoms with van der Waals surface area (Å²) in [4.78, 5) is 82.0. The molecule has 2 unspecified atom stereocenters. The Morgan fingerprint density at radius 3 is 1.38 bits per heavy atom. The number of hydrogen-bond acceptors (Lipinski definition) is 11. The maximum absolute atomic E-state index is 13.5. The molecule has 0 aliphatic carbocycles. The van der Waals surface area contributed by atoms with E-state index in [9.17, 15) is 28.8 Å². The smallest absolute Gasteiger partial charge is 0.333 e. The monoisotopic (exact) mass is 999 g/mol. The highest BCUT2D eigenvalue weighted by molar-refractivity contribution is 5.91. The number of ether oxygens (including phenoxy) is 2. The summed E-state index contributed by atoms with van der Waals surface area (Å²) in [6.07, 6.45) is 11.6. The average Bonchev–Trinajstić information content (AvgIpc) is 3.29. The van der Waals surface area contributed by atoms with Crippen LogP contribution in [0, 0.1) is 23.2 Å². The van der Waals surface area contributed by atoms with Gasteiger partial charge in [-0.2, -0.15) is 0 Å². The zero-order valence-corrected chi connectivity index (χ0v) is 47.3. The van der Waals surface area contributed by atoms with Crippen molar-refractivity contribution in [3.05, 3.63) is 23.3 Å². The van der Waals surface area contributed by atoms with Gasteiger partial charge in [0.25, 0.3) is 0 Å². The topological polar surface area (TPSA) is 192 Å². The number of aliphatic carboxylic acids is 1. The molecule has 2 aliphatic rings. The minimum absolute atomic E-state index is 0. The zero-order valence-electron chi connectivity index (χ0n) is 46.5. The van der Waals surface area contributed by atoms with Crippen molar-refractivity contribution in [1.82, 2.24) is 24.9 Å². The molecule has 0 spiro atoms. The second-order valence-corrected chi connectivity index (χ2v) is 20.9. The summed E-state index contributed by atoms with van der Waals surface area (Å²) in [5.74, 6) is -1.52. The number of carbonyl (C=O) groups excluding carboxylic acids is 5. The average molecular weight is 1000 g/mol. The van der Waals surface area contributed by atoms with Gasteiger partial charge in [0.1, 0.15) is 12.1 Å². The number of nitrogens with zero attached hydrogens (tertiary/aromatic N) is 4. The van der Waals surface area contributed by atoms with Crippen LogP contribution in [0.15, 0.2) is 23.3 Å². The number of nitrogens with two attached hydrogens (primary N) is 1. The fraction of sp³-hybridized carbons (Fsp3) is 0.811. The highest BCUT2D eigenvalue weighted by Gasteiger charge is 2.37. The maximum atomic E-state index is 13.5. The lowest BCUT2D eigenvalue weighted by molar-refractivity contribution is -0.146. The molecule has 2 heterocycles. The molecule has 8 atom stereocenters. The van der Waals surface area contributed by atoms with E-state index in [1.807, 2.05) is 62.3 Å². The predicted octanol–water partition coefficient (Wildman–Crippen LogP) is 8.27. The number of esters is 2. The summed E-state index contributed by atoms with van der Waals surface area (Å²) < 4.78 is 10.1. The van der Waals surface area contributed by atoms with Crippen molar-refractivity contribution < 1.29 is 43.3 Å². The number of hydrogen-bond donors (Lipinski definition) is 3. The van der Waals surface area contributed by atoms with E-state index in [0.717, 1.165) is 64.5 Å². The van der Waals surface area contributed by atoms with Gasteiger partial charge in [-0.15, -0.1) is 12.4 Å². The van der Waals surface area contributed by atoms with Gasteiger partial charge < -0.3 is 35.4 Å². The molecule has 2 fully saturated rings. The molecule has 0 aromatic carbocycles. The molecule has 0 saturated carbocycles. The minimum atomic E-state index is -0.653. The van der Waals surface area contributed by atoms with E-state index in [1.54, 1.807) is 63.7 Å². The first-order valence-electron chi connectivity index (χ1n) is 25.6. The van der Waals surface area contributed by atoms with E-state index in [-0.39, 0.29) is 89.4 Å². The number of likely N-dealkylation sites (N-methyl/N-ethyl adjacent to an activating group) is 2. The molecule has 2 rings (SSSR count). The third kappa shape index (κ3) is 22.2. The van der Waals surface area contributed by atoms with Crippen molar-refractivity contribution in [2.75, 3.05) is 40.4 Å². The molecule has 402 valence electrons. The van der Waals surface area contributed by atoms with Crippen molar-refractivity contribution in [2.45, 2.75) is 217 Å². The Kier molecular flexibility index (Phi) is 32.5. The third-order valence-corrected chi connectivity index (χ3v) is 13.4. The molecule has 2 aliphatic heterocycles.